The predicted octanol–water partition coefficient (Wildman–Crippen LogP) is 2.30. The number of hydrogen-bond donors (Lipinski definition) is 1. The van der Waals surface area contributed by atoms with E-state index < -0.39 is 0 Å². The lowest BCUT2D eigenvalue weighted by atomic mass is 9.74. The van der Waals surface area contributed by atoms with Crippen molar-refractivity contribution in [3.63, 3.8) is 0 Å². The van der Waals surface area contributed by atoms with Crippen LogP contribution in [0, 0.1) is 5.41 Å². The minimum absolute atomic E-state index is 0.523. The maximum absolute atomic E-state index is 4.75. The van der Waals surface area contributed by atoms with E-state index in [2.05, 4.69) is 45.2 Å². The zero-order valence-corrected chi connectivity index (χ0v) is 12.6. The summed E-state index contributed by atoms with van der Waals surface area (Å²) in [6, 6.07) is 6.18. The molecule has 112 valence electrons. The van der Waals surface area contributed by atoms with Gasteiger partial charge >= 0.3 is 0 Å². The highest BCUT2D eigenvalue weighted by molar-refractivity contribution is 5.39. The number of rotatable bonds is 2. The normalized spacial score (nSPS) is 27.4. The van der Waals surface area contributed by atoms with Gasteiger partial charge < -0.3 is 9.72 Å². The maximum atomic E-state index is 4.75. The number of nitrogens with zero attached hydrogens (tertiary/aromatic N) is 3. The standard InChI is InChI=1S/C17H24N4/c1-2-10-21-12-15(19-16(21)5-1)11-20-9-4-7-17(14-20)6-3-8-18-13-17/h1-2,5,10,12,18H,3-4,6-9,11,13-14H2. The quantitative estimate of drug-likeness (QED) is 0.918. The van der Waals surface area contributed by atoms with Crippen LogP contribution in [0.4, 0.5) is 0 Å². The number of imidazole rings is 1. The van der Waals surface area contributed by atoms with Crippen molar-refractivity contribution in [3.8, 4) is 0 Å². The van der Waals surface area contributed by atoms with Crippen molar-refractivity contribution in [2.75, 3.05) is 26.2 Å². The van der Waals surface area contributed by atoms with Crippen LogP contribution in [0.2, 0.25) is 0 Å². The van der Waals surface area contributed by atoms with Crippen LogP contribution in [-0.4, -0.2) is 40.5 Å². The summed E-state index contributed by atoms with van der Waals surface area (Å²) >= 11 is 0. The molecule has 2 fully saturated rings. The Bertz CT molecular complexity index is 574. The summed E-state index contributed by atoms with van der Waals surface area (Å²) in [6.45, 7) is 5.84. The molecule has 1 unspecified atom stereocenters. The van der Waals surface area contributed by atoms with Crippen molar-refractivity contribution >= 4 is 5.65 Å². The van der Waals surface area contributed by atoms with Gasteiger partial charge in [-0.15, -0.1) is 0 Å². The number of likely N-dealkylation sites (tertiary alicyclic amines) is 1. The third-order valence-corrected chi connectivity index (χ3v) is 5.10. The summed E-state index contributed by atoms with van der Waals surface area (Å²) in [4.78, 5) is 7.36. The molecule has 0 aromatic carbocycles. The van der Waals surface area contributed by atoms with Gasteiger partial charge in [0, 0.05) is 32.0 Å². The zero-order chi connectivity index (χ0) is 14.1. The first kappa shape index (κ1) is 13.3. The van der Waals surface area contributed by atoms with Crippen LogP contribution >= 0.6 is 0 Å². The molecule has 0 bridgehead atoms. The van der Waals surface area contributed by atoms with Crippen LogP contribution in [0.25, 0.3) is 5.65 Å². The van der Waals surface area contributed by atoms with E-state index in [9.17, 15) is 0 Å². The molecule has 4 rings (SSSR count). The lowest BCUT2D eigenvalue weighted by molar-refractivity contribution is 0.0594. The van der Waals surface area contributed by atoms with E-state index in [1.807, 2.05) is 0 Å². The molecule has 1 N–H and O–H groups in total. The Labute approximate surface area is 126 Å². The molecular weight excluding hydrogens is 260 g/mol. The first-order chi connectivity index (χ1) is 10.3. The number of pyridine rings is 1. The van der Waals surface area contributed by atoms with Gasteiger partial charge in [0.2, 0.25) is 0 Å². The number of aromatic nitrogens is 2. The van der Waals surface area contributed by atoms with Gasteiger partial charge in [-0.3, -0.25) is 4.90 Å². The molecule has 4 heteroatoms. The van der Waals surface area contributed by atoms with Crippen LogP contribution in [0.1, 0.15) is 31.4 Å². The van der Waals surface area contributed by atoms with Gasteiger partial charge in [0.05, 0.1) is 5.69 Å². The van der Waals surface area contributed by atoms with Crippen molar-refractivity contribution in [3.05, 3.63) is 36.3 Å². The smallest absolute Gasteiger partial charge is 0.137 e. The molecule has 0 amide bonds. The maximum Gasteiger partial charge on any atom is 0.137 e. The van der Waals surface area contributed by atoms with E-state index in [4.69, 9.17) is 4.98 Å². The lowest BCUT2D eigenvalue weighted by Gasteiger charge is -2.45. The average Bonchev–Trinajstić information content (AvgIpc) is 2.90. The SMILES string of the molecule is c1ccn2cc(CN3CCCC4(CCCNC4)C3)nc2c1. The molecule has 21 heavy (non-hydrogen) atoms. The van der Waals surface area contributed by atoms with Gasteiger partial charge in [0.1, 0.15) is 5.65 Å². The van der Waals surface area contributed by atoms with Crippen LogP contribution in [0.5, 0.6) is 0 Å². The summed E-state index contributed by atoms with van der Waals surface area (Å²) in [5, 5.41) is 3.60. The van der Waals surface area contributed by atoms with Gasteiger partial charge in [0.25, 0.3) is 0 Å². The van der Waals surface area contributed by atoms with Crippen molar-refractivity contribution in [1.29, 1.82) is 0 Å². The monoisotopic (exact) mass is 284 g/mol. The molecule has 4 heterocycles. The van der Waals surface area contributed by atoms with Crippen molar-refractivity contribution < 1.29 is 0 Å². The number of nitrogens with one attached hydrogen (secondary N) is 1. The zero-order valence-electron chi connectivity index (χ0n) is 12.6. The fraction of sp³-hybridized carbons (Fsp3) is 0.588. The van der Waals surface area contributed by atoms with E-state index in [0.29, 0.717) is 5.41 Å². The minimum Gasteiger partial charge on any atom is -0.316 e. The third-order valence-electron chi connectivity index (χ3n) is 5.10. The molecule has 1 spiro atoms. The number of fused-ring (bicyclic) bond motifs is 1. The van der Waals surface area contributed by atoms with Gasteiger partial charge in [0.15, 0.2) is 0 Å². The Kier molecular flexibility index (Phi) is 3.43. The van der Waals surface area contributed by atoms with E-state index in [-0.39, 0.29) is 0 Å². The van der Waals surface area contributed by atoms with E-state index in [1.165, 1.54) is 57.6 Å². The Morgan fingerprint density at radius 3 is 3.05 bits per heavy atom. The molecule has 2 aromatic rings. The Morgan fingerprint density at radius 2 is 2.19 bits per heavy atom. The Balaban J connectivity index is 1.48. The van der Waals surface area contributed by atoms with E-state index in [1.54, 1.807) is 0 Å². The van der Waals surface area contributed by atoms with Crippen LogP contribution in [0.15, 0.2) is 30.6 Å². The fourth-order valence-electron chi connectivity index (χ4n) is 4.12. The molecule has 0 radical (unpaired) electrons. The average molecular weight is 284 g/mol. The highest BCUT2D eigenvalue weighted by Gasteiger charge is 2.36. The summed E-state index contributed by atoms with van der Waals surface area (Å²) < 4.78 is 2.12. The van der Waals surface area contributed by atoms with Crippen LogP contribution in [-0.2, 0) is 6.54 Å². The van der Waals surface area contributed by atoms with Crippen LogP contribution in [0.3, 0.4) is 0 Å². The van der Waals surface area contributed by atoms with E-state index >= 15 is 0 Å². The summed E-state index contributed by atoms with van der Waals surface area (Å²) in [7, 11) is 0. The predicted molar refractivity (Wildman–Crippen MR) is 84.2 cm³/mol. The largest absolute Gasteiger partial charge is 0.316 e. The van der Waals surface area contributed by atoms with Gasteiger partial charge in [-0.1, -0.05) is 6.07 Å². The molecule has 2 saturated heterocycles. The molecule has 2 aliphatic heterocycles. The van der Waals surface area contributed by atoms with Gasteiger partial charge in [-0.2, -0.15) is 0 Å². The lowest BCUT2D eigenvalue weighted by Crippen LogP contribution is -2.50. The molecule has 2 aromatic heterocycles. The second kappa shape index (κ2) is 5.43. The van der Waals surface area contributed by atoms with Gasteiger partial charge in [-0.05, 0) is 56.3 Å². The molecule has 1 atom stereocenters. The summed E-state index contributed by atoms with van der Waals surface area (Å²) in [5.74, 6) is 0. The fourth-order valence-corrected chi connectivity index (χ4v) is 4.12. The second-order valence-corrected chi connectivity index (χ2v) is 6.79. The summed E-state index contributed by atoms with van der Waals surface area (Å²) in [6.07, 6.45) is 9.70. The molecular formula is C17H24N4. The van der Waals surface area contributed by atoms with Crippen molar-refractivity contribution in [2.24, 2.45) is 5.41 Å². The molecule has 0 aliphatic carbocycles. The second-order valence-electron chi connectivity index (χ2n) is 6.79. The van der Waals surface area contributed by atoms with E-state index in [0.717, 1.165) is 12.2 Å². The number of hydrogen-bond acceptors (Lipinski definition) is 3. The highest BCUT2D eigenvalue weighted by atomic mass is 15.2. The van der Waals surface area contributed by atoms with Gasteiger partial charge in [-0.25, -0.2) is 4.98 Å². The Hall–Kier alpha value is -1.39. The topological polar surface area (TPSA) is 32.6 Å². The molecule has 2 aliphatic rings. The highest BCUT2D eigenvalue weighted by Crippen LogP contribution is 2.36. The number of piperidine rings is 2. The molecule has 4 nitrogen and oxygen atoms in total. The third kappa shape index (κ3) is 2.70. The Morgan fingerprint density at radius 1 is 1.24 bits per heavy atom. The van der Waals surface area contributed by atoms with Crippen molar-refractivity contribution in [2.45, 2.75) is 32.2 Å². The van der Waals surface area contributed by atoms with Crippen molar-refractivity contribution in [1.82, 2.24) is 19.6 Å². The first-order valence-corrected chi connectivity index (χ1v) is 8.19. The first-order valence-electron chi connectivity index (χ1n) is 8.19. The molecule has 0 saturated carbocycles. The van der Waals surface area contributed by atoms with Crippen LogP contribution < -0.4 is 5.32 Å². The summed E-state index contributed by atoms with van der Waals surface area (Å²) in [5.41, 5.74) is 2.77. The minimum atomic E-state index is 0.523.